The first-order valence-corrected chi connectivity index (χ1v) is 6.47. The number of hydrogen-bond donors (Lipinski definition) is 1. The average molecular weight is 258 g/mol. The topological polar surface area (TPSA) is 46.5 Å². The highest BCUT2D eigenvalue weighted by Gasteiger charge is 2.10. The summed E-state index contributed by atoms with van der Waals surface area (Å²) in [7, 11) is 0. The lowest BCUT2D eigenvalue weighted by atomic mass is 10.0. The fraction of sp³-hybridized carbons (Fsp3) is 0.312. The van der Waals surface area contributed by atoms with Crippen molar-refractivity contribution in [2.24, 2.45) is 0 Å². The number of carbonyl (C=O) groups excluding carboxylic acids is 1. The van der Waals surface area contributed by atoms with Crippen LogP contribution in [0.5, 0.6) is 5.75 Å². The standard InChI is InChI=1S/C16H18O3/c1-3-12(18)10-19-16-9-8-13(11(2)17)14-6-4-5-7-15(14)16/h4-9,12,18H,3,10H2,1-2H3. The van der Waals surface area contributed by atoms with Crippen molar-refractivity contribution >= 4 is 16.6 Å². The van der Waals surface area contributed by atoms with Crippen LogP contribution in [0.2, 0.25) is 0 Å². The van der Waals surface area contributed by atoms with Crippen LogP contribution in [0.25, 0.3) is 10.8 Å². The number of fused-ring (bicyclic) bond motifs is 1. The van der Waals surface area contributed by atoms with Crippen LogP contribution in [-0.4, -0.2) is 23.6 Å². The molecular formula is C16H18O3. The van der Waals surface area contributed by atoms with Gasteiger partial charge in [-0.25, -0.2) is 0 Å². The lowest BCUT2D eigenvalue weighted by Crippen LogP contribution is -2.16. The molecule has 0 radical (unpaired) electrons. The highest BCUT2D eigenvalue weighted by Crippen LogP contribution is 2.29. The quantitative estimate of drug-likeness (QED) is 0.838. The molecule has 3 heteroatoms. The molecule has 100 valence electrons. The molecule has 1 N–H and O–H groups in total. The number of carbonyl (C=O) groups is 1. The van der Waals surface area contributed by atoms with Crippen LogP contribution < -0.4 is 4.74 Å². The zero-order valence-electron chi connectivity index (χ0n) is 11.2. The molecule has 0 saturated carbocycles. The SMILES string of the molecule is CCC(O)COc1ccc(C(C)=O)c2ccccc12. The maximum Gasteiger partial charge on any atom is 0.160 e. The van der Waals surface area contributed by atoms with E-state index in [0.29, 0.717) is 17.7 Å². The molecule has 0 aliphatic heterocycles. The molecule has 0 saturated heterocycles. The molecule has 1 unspecified atom stereocenters. The van der Waals surface area contributed by atoms with Gasteiger partial charge in [-0.15, -0.1) is 0 Å². The number of ketones is 1. The lowest BCUT2D eigenvalue weighted by molar-refractivity contribution is 0.101. The molecule has 3 nitrogen and oxygen atoms in total. The monoisotopic (exact) mass is 258 g/mol. The van der Waals surface area contributed by atoms with Crippen molar-refractivity contribution in [2.75, 3.05) is 6.61 Å². The molecule has 0 aromatic heterocycles. The molecule has 0 aliphatic carbocycles. The molecule has 0 bridgehead atoms. The average Bonchev–Trinajstić information content (AvgIpc) is 2.43. The summed E-state index contributed by atoms with van der Waals surface area (Å²) < 4.78 is 5.65. The fourth-order valence-electron chi connectivity index (χ4n) is 2.01. The van der Waals surface area contributed by atoms with E-state index in [9.17, 15) is 9.90 Å². The number of Topliss-reactive ketones (excluding diaryl/α,β-unsaturated/α-hetero) is 1. The molecule has 2 rings (SSSR count). The largest absolute Gasteiger partial charge is 0.490 e. The van der Waals surface area contributed by atoms with Crippen LogP contribution in [0.1, 0.15) is 30.6 Å². The summed E-state index contributed by atoms with van der Waals surface area (Å²) >= 11 is 0. The van der Waals surface area contributed by atoms with E-state index in [2.05, 4.69) is 0 Å². The van der Waals surface area contributed by atoms with Gasteiger partial charge >= 0.3 is 0 Å². The van der Waals surface area contributed by atoms with Crippen molar-refractivity contribution in [1.29, 1.82) is 0 Å². The van der Waals surface area contributed by atoms with Gasteiger partial charge in [-0.1, -0.05) is 31.2 Å². The normalized spacial score (nSPS) is 12.4. The molecule has 19 heavy (non-hydrogen) atoms. The van der Waals surface area contributed by atoms with Crippen LogP contribution >= 0.6 is 0 Å². The predicted molar refractivity (Wildman–Crippen MR) is 75.7 cm³/mol. The van der Waals surface area contributed by atoms with Crippen LogP contribution in [0.4, 0.5) is 0 Å². The molecule has 0 amide bonds. The summed E-state index contributed by atoms with van der Waals surface area (Å²) in [4.78, 5) is 11.6. The Bertz CT molecular complexity index is 590. The van der Waals surface area contributed by atoms with Crippen LogP contribution in [0.3, 0.4) is 0 Å². The predicted octanol–water partition coefficient (Wildman–Crippen LogP) is 3.19. The second kappa shape index (κ2) is 5.85. The van der Waals surface area contributed by atoms with E-state index in [-0.39, 0.29) is 12.4 Å². The maximum atomic E-state index is 11.6. The Morgan fingerprint density at radius 2 is 1.89 bits per heavy atom. The Hall–Kier alpha value is -1.87. The van der Waals surface area contributed by atoms with Crippen molar-refractivity contribution in [2.45, 2.75) is 26.4 Å². The summed E-state index contributed by atoms with van der Waals surface area (Å²) in [6.45, 7) is 3.73. The Kier molecular flexibility index (Phi) is 4.17. The van der Waals surface area contributed by atoms with E-state index in [1.165, 1.54) is 0 Å². The van der Waals surface area contributed by atoms with Gasteiger partial charge in [0.25, 0.3) is 0 Å². The fourth-order valence-corrected chi connectivity index (χ4v) is 2.01. The summed E-state index contributed by atoms with van der Waals surface area (Å²) in [5.74, 6) is 0.740. The summed E-state index contributed by atoms with van der Waals surface area (Å²) in [5.41, 5.74) is 0.694. The first-order valence-electron chi connectivity index (χ1n) is 6.47. The van der Waals surface area contributed by atoms with Gasteiger partial charge in [0.2, 0.25) is 0 Å². The molecule has 2 aromatic carbocycles. The summed E-state index contributed by atoms with van der Waals surface area (Å²) in [6, 6.07) is 11.2. The van der Waals surface area contributed by atoms with E-state index in [0.717, 1.165) is 10.8 Å². The minimum absolute atomic E-state index is 0.0383. The first-order chi connectivity index (χ1) is 9.13. The van der Waals surface area contributed by atoms with Crippen LogP contribution in [0, 0.1) is 0 Å². The molecule has 0 spiro atoms. The van der Waals surface area contributed by atoms with Gasteiger partial charge in [0.1, 0.15) is 12.4 Å². The third kappa shape index (κ3) is 2.93. The minimum atomic E-state index is -0.466. The van der Waals surface area contributed by atoms with Crippen molar-refractivity contribution in [3.05, 3.63) is 42.0 Å². The van der Waals surface area contributed by atoms with Gasteiger partial charge in [-0.3, -0.25) is 4.79 Å². The van der Waals surface area contributed by atoms with Crippen LogP contribution in [0.15, 0.2) is 36.4 Å². The lowest BCUT2D eigenvalue weighted by Gasteiger charge is -2.13. The van der Waals surface area contributed by atoms with E-state index in [1.54, 1.807) is 19.1 Å². The third-order valence-electron chi connectivity index (χ3n) is 3.17. The number of ether oxygens (including phenoxy) is 1. The van der Waals surface area contributed by atoms with Gasteiger partial charge in [0.05, 0.1) is 6.10 Å². The van der Waals surface area contributed by atoms with Gasteiger partial charge in [-0.2, -0.15) is 0 Å². The van der Waals surface area contributed by atoms with E-state index in [4.69, 9.17) is 4.74 Å². The molecule has 0 aliphatic rings. The number of benzene rings is 2. The Balaban J connectivity index is 2.41. The van der Waals surface area contributed by atoms with Crippen molar-refractivity contribution in [3.8, 4) is 5.75 Å². The minimum Gasteiger partial charge on any atom is -0.490 e. The van der Waals surface area contributed by atoms with E-state index >= 15 is 0 Å². The molecule has 0 fully saturated rings. The third-order valence-corrected chi connectivity index (χ3v) is 3.17. The second-order valence-corrected chi connectivity index (χ2v) is 4.59. The molecule has 2 aromatic rings. The molecular weight excluding hydrogens is 240 g/mol. The highest BCUT2D eigenvalue weighted by atomic mass is 16.5. The zero-order chi connectivity index (χ0) is 13.8. The first kappa shape index (κ1) is 13.6. The number of hydrogen-bond acceptors (Lipinski definition) is 3. The zero-order valence-corrected chi connectivity index (χ0v) is 11.2. The van der Waals surface area contributed by atoms with Gasteiger partial charge in [0.15, 0.2) is 5.78 Å². The number of rotatable bonds is 5. The maximum absolute atomic E-state index is 11.6. The van der Waals surface area contributed by atoms with Gasteiger partial charge < -0.3 is 9.84 Å². The van der Waals surface area contributed by atoms with Gasteiger partial charge in [0, 0.05) is 10.9 Å². The highest BCUT2D eigenvalue weighted by molar-refractivity contribution is 6.08. The number of aliphatic hydroxyl groups is 1. The Morgan fingerprint density at radius 1 is 1.21 bits per heavy atom. The Morgan fingerprint density at radius 3 is 2.53 bits per heavy atom. The van der Waals surface area contributed by atoms with E-state index < -0.39 is 6.10 Å². The second-order valence-electron chi connectivity index (χ2n) is 4.59. The number of aliphatic hydroxyl groups excluding tert-OH is 1. The smallest absolute Gasteiger partial charge is 0.160 e. The van der Waals surface area contributed by atoms with E-state index in [1.807, 2.05) is 31.2 Å². The van der Waals surface area contributed by atoms with Crippen molar-refractivity contribution in [1.82, 2.24) is 0 Å². The molecule has 1 atom stereocenters. The van der Waals surface area contributed by atoms with Crippen molar-refractivity contribution in [3.63, 3.8) is 0 Å². The van der Waals surface area contributed by atoms with Crippen LogP contribution in [-0.2, 0) is 0 Å². The van der Waals surface area contributed by atoms with Crippen molar-refractivity contribution < 1.29 is 14.6 Å². The summed E-state index contributed by atoms with van der Waals surface area (Å²) in [5, 5.41) is 11.3. The summed E-state index contributed by atoms with van der Waals surface area (Å²) in [6.07, 6.45) is 0.190. The Labute approximate surface area is 112 Å². The van der Waals surface area contributed by atoms with Gasteiger partial charge in [-0.05, 0) is 30.9 Å². The molecule has 0 heterocycles.